The van der Waals surface area contributed by atoms with Gasteiger partial charge in [-0.3, -0.25) is 9.10 Å². The summed E-state index contributed by atoms with van der Waals surface area (Å²) in [5.74, 6) is 0.155. The highest BCUT2D eigenvalue weighted by Crippen LogP contribution is 2.28. The van der Waals surface area contributed by atoms with Crippen LogP contribution in [0.25, 0.3) is 0 Å². The minimum absolute atomic E-state index is 0.371. The molecule has 27 heavy (non-hydrogen) atoms. The zero-order chi connectivity index (χ0) is 20.2. The molecule has 6 nitrogen and oxygen atoms in total. The van der Waals surface area contributed by atoms with Gasteiger partial charge in [0, 0.05) is 16.8 Å². The second-order valence-corrected chi connectivity index (χ2v) is 8.41. The lowest BCUT2D eigenvalue weighted by atomic mass is 10.1. The number of amides is 1. The number of aryl methyl sites for hydroxylation is 1. The van der Waals surface area contributed by atoms with E-state index in [0.717, 1.165) is 10.6 Å². The molecule has 1 N–H and O–H groups in total. The number of hydrogen-bond donors (Lipinski definition) is 1. The van der Waals surface area contributed by atoms with E-state index in [0.29, 0.717) is 34.3 Å². The minimum Gasteiger partial charge on any atom is -0.494 e. The monoisotopic (exact) mass is 410 g/mol. The Balaban J connectivity index is 2.33. The summed E-state index contributed by atoms with van der Waals surface area (Å²) >= 11 is 6.04. The summed E-state index contributed by atoms with van der Waals surface area (Å²) in [4.78, 5) is 12.7. The summed E-state index contributed by atoms with van der Waals surface area (Å²) in [5.41, 5.74) is 1.59. The summed E-state index contributed by atoms with van der Waals surface area (Å²) in [5, 5.41) is 3.13. The molecule has 2 aromatic rings. The van der Waals surface area contributed by atoms with E-state index in [4.69, 9.17) is 16.3 Å². The summed E-state index contributed by atoms with van der Waals surface area (Å²) in [6, 6.07) is 10.9. The van der Waals surface area contributed by atoms with Crippen LogP contribution in [-0.2, 0) is 14.8 Å². The van der Waals surface area contributed by atoms with Crippen molar-refractivity contribution in [2.24, 2.45) is 0 Å². The predicted molar refractivity (Wildman–Crippen MR) is 109 cm³/mol. The smallest absolute Gasteiger partial charge is 0.247 e. The number of ether oxygens (including phenoxy) is 1. The molecular formula is C19H23ClN2O4S. The molecule has 2 aromatic carbocycles. The number of carbonyl (C=O) groups excluding carboxylic acids is 1. The second-order valence-electron chi connectivity index (χ2n) is 6.12. The van der Waals surface area contributed by atoms with Gasteiger partial charge in [-0.25, -0.2) is 8.42 Å². The summed E-state index contributed by atoms with van der Waals surface area (Å²) in [6.45, 7) is 5.66. The number of hydrogen-bond acceptors (Lipinski definition) is 4. The van der Waals surface area contributed by atoms with Gasteiger partial charge in [0.15, 0.2) is 0 Å². The van der Waals surface area contributed by atoms with Crippen LogP contribution in [0.2, 0.25) is 5.02 Å². The molecule has 0 bridgehead atoms. The van der Waals surface area contributed by atoms with Crippen LogP contribution >= 0.6 is 11.6 Å². The maximum atomic E-state index is 12.7. The Kier molecular flexibility index (Phi) is 6.73. The predicted octanol–water partition coefficient (Wildman–Crippen LogP) is 3.84. The third-order valence-corrected chi connectivity index (χ3v) is 5.37. The molecule has 2 rings (SSSR count). The topological polar surface area (TPSA) is 75.7 Å². The maximum Gasteiger partial charge on any atom is 0.247 e. The molecule has 1 unspecified atom stereocenters. The lowest BCUT2D eigenvalue weighted by molar-refractivity contribution is -0.116. The number of rotatable bonds is 7. The van der Waals surface area contributed by atoms with Crippen molar-refractivity contribution in [1.29, 1.82) is 0 Å². The molecule has 146 valence electrons. The largest absolute Gasteiger partial charge is 0.494 e. The molecular weight excluding hydrogens is 388 g/mol. The van der Waals surface area contributed by atoms with E-state index < -0.39 is 22.0 Å². The van der Waals surface area contributed by atoms with Crippen molar-refractivity contribution in [2.45, 2.75) is 26.8 Å². The number of anilines is 2. The number of nitrogens with one attached hydrogen (secondary N) is 1. The Morgan fingerprint density at radius 2 is 1.96 bits per heavy atom. The van der Waals surface area contributed by atoms with Crippen molar-refractivity contribution < 1.29 is 17.9 Å². The lowest BCUT2D eigenvalue weighted by Gasteiger charge is -2.29. The zero-order valence-corrected chi connectivity index (χ0v) is 17.3. The van der Waals surface area contributed by atoms with Gasteiger partial charge in [-0.1, -0.05) is 23.7 Å². The average Bonchev–Trinajstić information content (AvgIpc) is 2.57. The van der Waals surface area contributed by atoms with Crippen molar-refractivity contribution in [1.82, 2.24) is 0 Å². The molecule has 0 aliphatic rings. The fourth-order valence-electron chi connectivity index (χ4n) is 2.68. The molecule has 0 aromatic heterocycles. The van der Waals surface area contributed by atoms with E-state index in [1.165, 1.54) is 13.0 Å². The average molecular weight is 411 g/mol. The SMILES string of the molecule is CCOc1cccc(NC(=O)C(C)N(c2cc(Cl)ccc2C)S(C)(=O)=O)c1. The molecule has 0 spiro atoms. The molecule has 0 saturated heterocycles. The van der Waals surface area contributed by atoms with Gasteiger partial charge in [-0.15, -0.1) is 0 Å². The van der Waals surface area contributed by atoms with Crippen LogP contribution in [0.15, 0.2) is 42.5 Å². The first-order chi connectivity index (χ1) is 12.6. The van der Waals surface area contributed by atoms with E-state index in [-0.39, 0.29) is 0 Å². The summed E-state index contributed by atoms with van der Waals surface area (Å²) in [7, 11) is -3.72. The quantitative estimate of drug-likeness (QED) is 0.752. The van der Waals surface area contributed by atoms with E-state index in [1.54, 1.807) is 43.3 Å². The van der Waals surface area contributed by atoms with Gasteiger partial charge in [0.1, 0.15) is 11.8 Å². The van der Waals surface area contributed by atoms with Gasteiger partial charge in [0.05, 0.1) is 18.6 Å². The van der Waals surface area contributed by atoms with Gasteiger partial charge >= 0.3 is 0 Å². The summed E-state index contributed by atoms with van der Waals surface area (Å²) in [6.07, 6.45) is 1.06. The Hall–Kier alpha value is -2.25. The highest BCUT2D eigenvalue weighted by atomic mass is 35.5. The fourth-order valence-corrected chi connectivity index (χ4v) is 4.07. The summed E-state index contributed by atoms with van der Waals surface area (Å²) < 4.78 is 31.3. The van der Waals surface area contributed by atoms with E-state index >= 15 is 0 Å². The van der Waals surface area contributed by atoms with Crippen LogP contribution in [0.1, 0.15) is 19.4 Å². The highest BCUT2D eigenvalue weighted by molar-refractivity contribution is 7.92. The van der Waals surface area contributed by atoms with Gasteiger partial charge in [-0.05, 0) is 50.6 Å². The van der Waals surface area contributed by atoms with E-state index in [2.05, 4.69) is 5.32 Å². The first-order valence-corrected chi connectivity index (χ1v) is 10.7. The van der Waals surface area contributed by atoms with Crippen molar-refractivity contribution in [3.8, 4) is 5.75 Å². The number of benzene rings is 2. The molecule has 0 heterocycles. The molecule has 0 aliphatic carbocycles. The normalized spacial score (nSPS) is 12.3. The third kappa shape index (κ3) is 5.37. The molecule has 1 atom stereocenters. The van der Waals surface area contributed by atoms with Gasteiger partial charge in [0.25, 0.3) is 0 Å². The van der Waals surface area contributed by atoms with Crippen LogP contribution in [0.4, 0.5) is 11.4 Å². The van der Waals surface area contributed by atoms with Crippen LogP contribution in [0.3, 0.4) is 0 Å². The molecule has 8 heteroatoms. The first-order valence-electron chi connectivity index (χ1n) is 8.42. The van der Waals surface area contributed by atoms with Crippen LogP contribution in [0, 0.1) is 6.92 Å². The van der Waals surface area contributed by atoms with Gasteiger partial charge in [-0.2, -0.15) is 0 Å². The Bertz CT molecular complexity index is 931. The van der Waals surface area contributed by atoms with Crippen molar-refractivity contribution in [3.05, 3.63) is 53.1 Å². The zero-order valence-electron chi connectivity index (χ0n) is 15.7. The Labute approximate surface area is 165 Å². The number of sulfonamides is 1. The number of nitrogens with zero attached hydrogens (tertiary/aromatic N) is 1. The molecule has 0 aliphatic heterocycles. The van der Waals surface area contributed by atoms with Crippen LogP contribution < -0.4 is 14.4 Å². The number of carbonyl (C=O) groups is 1. The van der Waals surface area contributed by atoms with Crippen molar-refractivity contribution in [2.75, 3.05) is 22.5 Å². The van der Waals surface area contributed by atoms with Crippen LogP contribution in [-0.4, -0.2) is 33.2 Å². The fraction of sp³-hybridized carbons (Fsp3) is 0.316. The number of halogens is 1. The highest BCUT2D eigenvalue weighted by Gasteiger charge is 2.30. The van der Waals surface area contributed by atoms with E-state index in [1.807, 2.05) is 6.92 Å². The second kappa shape index (κ2) is 8.63. The molecule has 1 amide bonds. The van der Waals surface area contributed by atoms with Gasteiger partial charge < -0.3 is 10.1 Å². The lowest BCUT2D eigenvalue weighted by Crippen LogP contribution is -2.45. The Morgan fingerprint density at radius 3 is 2.59 bits per heavy atom. The van der Waals surface area contributed by atoms with Gasteiger partial charge in [0.2, 0.25) is 15.9 Å². The first kappa shape index (κ1) is 21.1. The standard InChI is InChI=1S/C19H23ClN2O4S/c1-5-26-17-8-6-7-16(12-17)21-19(23)14(3)22(27(4,24)25)18-11-15(20)10-9-13(18)2/h6-12,14H,5H2,1-4H3,(H,21,23). The minimum atomic E-state index is -3.72. The van der Waals surface area contributed by atoms with Crippen molar-refractivity contribution in [3.63, 3.8) is 0 Å². The van der Waals surface area contributed by atoms with Crippen molar-refractivity contribution >= 4 is 38.9 Å². The molecule has 0 fully saturated rings. The van der Waals surface area contributed by atoms with E-state index in [9.17, 15) is 13.2 Å². The molecule has 0 saturated carbocycles. The van der Waals surface area contributed by atoms with Crippen LogP contribution in [0.5, 0.6) is 5.75 Å². The Morgan fingerprint density at radius 1 is 1.26 bits per heavy atom. The maximum absolute atomic E-state index is 12.7. The molecule has 0 radical (unpaired) electrons. The third-order valence-electron chi connectivity index (χ3n) is 3.91.